The number of thiazole rings is 1. The van der Waals surface area contributed by atoms with Crippen LogP contribution in [0.5, 0.6) is 0 Å². The minimum Gasteiger partial charge on any atom is -0.379 e. The number of nitrogens with zero attached hydrogens (tertiary/aromatic N) is 2. The van der Waals surface area contributed by atoms with Gasteiger partial charge in [0.15, 0.2) is 0 Å². The lowest BCUT2D eigenvalue weighted by Gasteiger charge is -2.26. The lowest BCUT2D eigenvalue weighted by Crippen LogP contribution is -2.35. The number of morpholine rings is 1. The maximum atomic E-state index is 12.9. The molecule has 0 unspecified atom stereocenters. The zero-order valence-electron chi connectivity index (χ0n) is 17.5. The number of ether oxygens (including phenoxy) is 1. The summed E-state index contributed by atoms with van der Waals surface area (Å²) >= 11 is 7.37. The molecule has 1 amide bonds. The molecule has 4 rings (SSSR count). The van der Waals surface area contributed by atoms with Crippen molar-refractivity contribution in [2.45, 2.75) is 19.1 Å². The molecule has 1 N–H and O–H groups in total. The van der Waals surface area contributed by atoms with Crippen molar-refractivity contribution < 1.29 is 22.7 Å². The Morgan fingerprint density at radius 3 is 2.73 bits per heavy atom. The molecule has 1 aliphatic heterocycles. The second kappa shape index (κ2) is 10.2. The molecule has 5 nitrogen and oxygen atoms in total. The molecule has 0 aliphatic carbocycles. The van der Waals surface area contributed by atoms with Gasteiger partial charge in [-0.25, -0.2) is 4.98 Å². The van der Waals surface area contributed by atoms with Gasteiger partial charge in [0.25, 0.3) is 0 Å². The fourth-order valence-corrected chi connectivity index (χ4v) is 4.48. The van der Waals surface area contributed by atoms with E-state index in [1.165, 1.54) is 16.9 Å². The molecule has 10 heteroatoms. The molecule has 0 spiro atoms. The Morgan fingerprint density at radius 2 is 1.97 bits per heavy atom. The van der Waals surface area contributed by atoms with Gasteiger partial charge in [0.05, 0.1) is 41.6 Å². The highest BCUT2D eigenvalue weighted by Crippen LogP contribution is 2.34. The molecule has 0 bridgehead atoms. The number of aromatic nitrogens is 1. The van der Waals surface area contributed by atoms with E-state index < -0.39 is 17.6 Å². The van der Waals surface area contributed by atoms with Gasteiger partial charge in [0.2, 0.25) is 5.91 Å². The Balaban J connectivity index is 1.41. The zero-order valence-corrected chi connectivity index (χ0v) is 19.1. The van der Waals surface area contributed by atoms with Gasteiger partial charge in [-0.1, -0.05) is 29.8 Å². The topological polar surface area (TPSA) is 54.5 Å². The number of hydrogen-bond donors (Lipinski definition) is 1. The highest BCUT2D eigenvalue weighted by atomic mass is 35.5. The number of hydrogen-bond acceptors (Lipinski definition) is 5. The Labute approximate surface area is 198 Å². The molecule has 0 atom stereocenters. The molecule has 1 aliphatic rings. The quantitative estimate of drug-likeness (QED) is 0.491. The summed E-state index contributed by atoms with van der Waals surface area (Å²) in [6, 6.07) is 10.9. The number of carbonyl (C=O) groups is 1. The average Bonchev–Trinajstić information content (AvgIpc) is 3.24. The largest absolute Gasteiger partial charge is 0.416 e. The van der Waals surface area contributed by atoms with Crippen LogP contribution in [0.2, 0.25) is 5.02 Å². The van der Waals surface area contributed by atoms with Crippen molar-refractivity contribution in [2.24, 2.45) is 0 Å². The van der Waals surface area contributed by atoms with Crippen LogP contribution in [0.1, 0.15) is 16.8 Å². The SMILES string of the molecule is O=C(Cc1csc(-c2cccc(CN3CCOCC3)c2)n1)Nc1cc(C(F)(F)F)ccc1Cl. The summed E-state index contributed by atoms with van der Waals surface area (Å²) in [4.78, 5) is 19.3. The summed E-state index contributed by atoms with van der Waals surface area (Å²) in [5.74, 6) is -0.492. The van der Waals surface area contributed by atoms with Crippen LogP contribution >= 0.6 is 22.9 Å². The number of amides is 1. The summed E-state index contributed by atoms with van der Waals surface area (Å²) in [6.45, 7) is 4.11. The van der Waals surface area contributed by atoms with E-state index >= 15 is 0 Å². The molecule has 2 heterocycles. The summed E-state index contributed by atoms with van der Waals surface area (Å²) in [5, 5.41) is 5.04. The van der Waals surface area contributed by atoms with Crippen molar-refractivity contribution in [1.82, 2.24) is 9.88 Å². The molecule has 1 saturated heterocycles. The van der Waals surface area contributed by atoms with Gasteiger partial charge in [0.1, 0.15) is 5.01 Å². The fourth-order valence-electron chi connectivity index (χ4n) is 3.50. The van der Waals surface area contributed by atoms with E-state index in [1.807, 2.05) is 12.1 Å². The van der Waals surface area contributed by atoms with E-state index in [0.29, 0.717) is 5.69 Å². The van der Waals surface area contributed by atoms with Crippen molar-refractivity contribution in [3.63, 3.8) is 0 Å². The van der Waals surface area contributed by atoms with E-state index in [1.54, 1.807) is 5.38 Å². The van der Waals surface area contributed by atoms with Gasteiger partial charge in [-0.05, 0) is 29.8 Å². The third-order valence-electron chi connectivity index (χ3n) is 5.15. The molecule has 174 valence electrons. The van der Waals surface area contributed by atoms with Crippen LogP contribution in [0.3, 0.4) is 0 Å². The van der Waals surface area contributed by atoms with Gasteiger partial charge in [-0.3, -0.25) is 9.69 Å². The van der Waals surface area contributed by atoms with Crippen molar-refractivity contribution in [3.8, 4) is 10.6 Å². The maximum Gasteiger partial charge on any atom is 0.416 e. The van der Waals surface area contributed by atoms with Gasteiger partial charge in [-0.2, -0.15) is 13.2 Å². The number of benzene rings is 2. The highest BCUT2D eigenvalue weighted by Gasteiger charge is 2.31. The van der Waals surface area contributed by atoms with Crippen LogP contribution in [0.4, 0.5) is 18.9 Å². The van der Waals surface area contributed by atoms with Crippen LogP contribution in [0, 0.1) is 0 Å². The lowest BCUT2D eigenvalue weighted by molar-refractivity contribution is -0.137. The first kappa shape index (κ1) is 23.7. The maximum absolute atomic E-state index is 12.9. The van der Waals surface area contributed by atoms with Crippen molar-refractivity contribution in [1.29, 1.82) is 0 Å². The molecule has 1 aromatic heterocycles. The molecule has 0 saturated carbocycles. The van der Waals surface area contributed by atoms with Gasteiger partial charge in [0, 0.05) is 30.6 Å². The normalized spacial score (nSPS) is 14.9. The predicted molar refractivity (Wildman–Crippen MR) is 122 cm³/mol. The summed E-state index contributed by atoms with van der Waals surface area (Å²) in [6.07, 6.45) is -4.60. The smallest absolute Gasteiger partial charge is 0.379 e. The van der Waals surface area contributed by atoms with E-state index in [0.717, 1.165) is 61.6 Å². The minimum atomic E-state index is -4.52. The number of nitrogens with one attached hydrogen (secondary N) is 1. The molecule has 0 radical (unpaired) electrons. The Bertz CT molecular complexity index is 1130. The Hall–Kier alpha value is -2.46. The predicted octanol–water partition coefficient (Wildman–Crippen LogP) is 5.50. The highest BCUT2D eigenvalue weighted by molar-refractivity contribution is 7.13. The van der Waals surface area contributed by atoms with Crippen LogP contribution < -0.4 is 5.32 Å². The third kappa shape index (κ3) is 6.32. The molecule has 3 aromatic rings. The first-order valence-corrected chi connectivity index (χ1v) is 11.5. The minimum absolute atomic E-state index is 0.0346. The standard InChI is InChI=1S/C23H21ClF3N3O2S/c24-19-5-4-17(23(25,26)27)11-20(19)29-21(31)12-18-14-33-22(28-18)16-3-1-2-15(10-16)13-30-6-8-32-9-7-30/h1-5,10-11,14H,6-9,12-13H2,(H,29,31). The molecule has 33 heavy (non-hydrogen) atoms. The number of alkyl halides is 3. The second-order valence-electron chi connectivity index (χ2n) is 7.65. The van der Waals surface area contributed by atoms with Crippen LogP contribution in [-0.4, -0.2) is 42.1 Å². The van der Waals surface area contributed by atoms with Gasteiger partial charge < -0.3 is 10.1 Å². The number of anilines is 1. The van der Waals surface area contributed by atoms with E-state index in [2.05, 4.69) is 27.3 Å². The molecular weight excluding hydrogens is 475 g/mol. The summed E-state index contributed by atoms with van der Waals surface area (Å²) < 4.78 is 44.2. The second-order valence-corrected chi connectivity index (χ2v) is 8.92. The summed E-state index contributed by atoms with van der Waals surface area (Å²) in [7, 11) is 0. The number of rotatable bonds is 6. The number of halogens is 4. The molecule has 2 aromatic carbocycles. The van der Waals surface area contributed by atoms with E-state index in [-0.39, 0.29) is 17.1 Å². The monoisotopic (exact) mass is 495 g/mol. The fraction of sp³-hybridized carbons (Fsp3) is 0.304. The van der Waals surface area contributed by atoms with Crippen molar-refractivity contribution >= 4 is 34.5 Å². The molecule has 1 fully saturated rings. The van der Waals surface area contributed by atoms with Crippen molar-refractivity contribution in [3.05, 3.63) is 69.7 Å². The van der Waals surface area contributed by atoms with Gasteiger partial charge >= 0.3 is 6.18 Å². The van der Waals surface area contributed by atoms with E-state index in [4.69, 9.17) is 16.3 Å². The van der Waals surface area contributed by atoms with Crippen molar-refractivity contribution in [2.75, 3.05) is 31.6 Å². The van der Waals surface area contributed by atoms with Crippen LogP contribution in [-0.2, 0) is 28.7 Å². The third-order valence-corrected chi connectivity index (χ3v) is 6.41. The first-order valence-electron chi connectivity index (χ1n) is 10.3. The lowest BCUT2D eigenvalue weighted by atomic mass is 10.1. The molecular formula is C23H21ClF3N3O2S. The van der Waals surface area contributed by atoms with E-state index in [9.17, 15) is 18.0 Å². The van der Waals surface area contributed by atoms with Gasteiger partial charge in [-0.15, -0.1) is 11.3 Å². The zero-order chi connectivity index (χ0) is 23.4. The Morgan fingerprint density at radius 1 is 1.18 bits per heavy atom. The van der Waals surface area contributed by atoms with Crippen LogP contribution in [0.15, 0.2) is 47.8 Å². The average molecular weight is 496 g/mol. The number of carbonyl (C=O) groups excluding carboxylic acids is 1. The summed E-state index contributed by atoms with van der Waals surface area (Å²) in [5.41, 5.74) is 1.70. The van der Waals surface area contributed by atoms with Crippen LogP contribution in [0.25, 0.3) is 10.6 Å². The first-order chi connectivity index (χ1) is 15.8. The Kier molecular flexibility index (Phi) is 7.33.